The summed E-state index contributed by atoms with van der Waals surface area (Å²) in [5, 5.41) is 10.9. The largest absolute Gasteiger partial charge is 0.455 e. The van der Waals surface area contributed by atoms with Gasteiger partial charge in [0.15, 0.2) is 5.60 Å². The Labute approximate surface area is 117 Å². The van der Waals surface area contributed by atoms with Gasteiger partial charge in [-0.25, -0.2) is 4.79 Å². The lowest BCUT2D eigenvalue weighted by Gasteiger charge is -2.49. The van der Waals surface area contributed by atoms with E-state index in [0.717, 1.165) is 5.56 Å². The van der Waals surface area contributed by atoms with E-state index in [-0.39, 0.29) is 11.7 Å². The molecule has 4 unspecified atom stereocenters. The second-order valence-corrected chi connectivity index (χ2v) is 5.53. The van der Waals surface area contributed by atoms with Crippen LogP contribution in [-0.4, -0.2) is 28.6 Å². The Morgan fingerprint density at radius 1 is 1.30 bits per heavy atom. The van der Waals surface area contributed by atoms with Crippen LogP contribution >= 0.6 is 0 Å². The highest BCUT2D eigenvalue weighted by Crippen LogP contribution is 2.49. The van der Waals surface area contributed by atoms with E-state index in [1.54, 1.807) is 6.08 Å². The van der Waals surface area contributed by atoms with Gasteiger partial charge in [0.2, 0.25) is 0 Å². The first kappa shape index (κ1) is 13.1. The van der Waals surface area contributed by atoms with Gasteiger partial charge in [0.1, 0.15) is 11.9 Å². The van der Waals surface area contributed by atoms with Gasteiger partial charge >= 0.3 is 5.97 Å². The van der Waals surface area contributed by atoms with E-state index in [1.165, 1.54) is 6.92 Å². The number of carbonyl (C=O) groups excluding carboxylic acids is 2. The molecule has 0 radical (unpaired) electrons. The van der Waals surface area contributed by atoms with Crippen molar-refractivity contribution in [1.29, 1.82) is 0 Å². The minimum Gasteiger partial charge on any atom is -0.455 e. The fourth-order valence-corrected chi connectivity index (χ4v) is 3.37. The number of fused-ring (bicyclic) bond motifs is 2. The van der Waals surface area contributed by atoms with E-state index in [4.69, 9.17) is 4.74 Å². The molecule has 1 aromatic carbocycles. The molecule has 0 aromatic heterocycles. The van der Waals surface area contributed by atoms with Gasteiger partial charge in [-0.05, 0) is 18.6 Å². The van der Waals surface area contributed by atoms with Crippen LogP contribution in [0.5, 0.6) is 0 Å². The molecule has 1 aliphatic carbocycles. The highest BCUT2D eigenvalue weighted by molar-refractivity contribution is 6.04. The van der Waals surface area contributed by atoms with E-state index in [9.17, 15) is 14.7 Å². The van der Waals surface area contributed by atoms with Gasteiger partial charge in [0.05, 0.1) is 5.92 Å². The zero-order valence-electron chi connectivity index (χ0n) is 11.4. The van der Waals surface area contributed by atoms with Gasteiger partial charge in [0.25, 0.3) is 0 Å². The molecule has 4 heteroatoms. The first-order chi connectivity index (χ1) is 9.46. The van der Waals surface area contributed by atoms with Crippen LogP contribution in [0.3, 0.4) is 0 Å². The molecular formula is C16H16O4. The molecule has 4 atom stereocenters. The molecule has 3 aliphatic rings. The van der Waals surface area contributed by atoms with Gasteiger partial charge in [-0.2, -0.15) is 0 Å². The summed E-state index contributed by atoms with van der Waals surface area (Å²) < 4.78 is 5.22. The molecule has 1 aromatic rings. The first-order valence-electron chi connectivity index (χ1n) is 6.68. The summed E-state index contributed by atoms with van der Waals surface area (Å²) in [5.41, 5.74) is -0.645. The van der Waals surface area contributed by atoms with Crippen molar-refractivity contribution in [2.75, 3.05) is 0 Å². The maximum atomic E-state index is 12.2. The number of carbonyl (C=O) groups is 2. The maximum Gasteiger partial charge on any atom is 0.344 e. The van der Waals surface area contributed by atoms with Crippen molar-refractivity contribution in [2.24, 2.45) is 11.8 Å². The summed E-state index contributed by atoms with van der Waals surface area (Å²) >= 11 is 0. The van der Waals surface area contributed by atoms with Gasteiger partial charge in [-0.1, -0.05) is 37.3 Å². The third-order valence-corrected chi connectivity index (χ3v) is 4.31. The summed E-state index contributed by atoms with van der Waals surface area (Å²) in [6.07, 6.45) is 1.31. The number of rotatable bonds is 2. The van der Waals surface area contributed by atoms with Crippen molar-refractivity contribution in [2.45, 2.75) is 25.6 Å². The van der Waals surface area contributed by atoms with Gasteiger partial charge < -0.3 is 9.84 Å². The molecule has 1 fully saturated rings. The highest BCUT2D eigenvalue weighted by Gasteiger charge is 2.61. The monoisotopic (exact) mass is 272 g/mol. The normalized spacial score (nSPS) is 35.5. The Kier molecular flexibility index (Phi) is 2.80. The molecule has 1 saturated heterocycles. The zero-order chi connectivity index (χ0) is 14.5. The van der Waals surface area contributed by atoms with E-state index < -0.39 is 23.6 Å². The molecule has 104 valence electrons. The minimum atomic E-state index is -1.87. The topological polar surface area (TPSA) is 63.6 Å². The quantitative estimate of drug-likeness (QED) is 0.830. The van der Waals surface area contributed by atoms with Crippen LogP contribution in [0.25, 0.3) is 5.57 Å². The molecule has 0 spiro atoms. The maximum absolute atomic E-state index is 12.2. The van der Waals surface area contributed by atoms with E-state index in [0.29, 0.717) is 5.57 Å². The molecular weight excluding hydrogens is 256 g/mol. The summed E-state index contributed by atoms with van der Waals surface area (Å²) in [7, 11) is 0. The number of ketones is 1. The molecule has 1 N–H and O–H groups in total. The van der Waals surface area contributed by atoms with Crippen LogP contribution in [0, 0.1) is 11.8 Å². The lowest BCUT2D eigenvalue weighted by atomic mass is 9.63. The van der Waals surface area contributed by atoms with Crippen molar-refractivity contribution in [3.63, 3.8) is 0 Å². The van der Waals surface area contributed by atoms with Crippen LogP contribution in [0.1, 0.15) is 19.4 Å². The number of benzene rings is 1. The number of Topliss-reactive ketones (excluding diaryl/α,β-unsaturated/α-hetero) is 1. The number of ether oxygens (including phenoxy) is 1. The van der Waals surface area contributed by atoms with Crippen molar-refractivity contribution in [3.8, 4) is 0 Å². The molecule has 4 nitrogen and oxygen atoms in total. The average molecular weight is 272 g/mol. The standard InChI is InChI=1S/C16H16O4/c1-9-13-8-12(11-6-4-3-5-7-11)16(19,15(18)20-13)14(9)10(2)17/h3-9,13-14,19H,1-2H3. The molecule has 2 heterocycles. The second-order valence-electron chi connectivity index (χ2n) is 5.53. The Balaban J connectivity index is 2.19. The van der Waals surface area contributed by atoms with Crippen LogP contribution in [0.4, 0.5) is 0 Å². The number of esters is 1. The summed E-state index contributed by atoms with van der Waals surface area (Å²) in [6.45, 7) is 3.24. The lowest BCUT2D eigenvalue weighted by Crippen LogP contribution is -2.63. The van der Waals surface area contributed by atoms with Crippen LogP contribution in [0.15, 0.2) is 36.4 Å². The second kappa shape index (κ2) is 4.28. The Bertz CT molecular complexity index is 604. The van der Waals surface area contributed by atoms with Gasteiger partial charge in [-0.3, -0.25) is 4.79 Å². The number of hydrogen-bond donors (Lipinski definition) is 1. The predicted molar refractivity (Wildman–Crippen MR) is 72.6 cm³/mol. The molecule has 0 saturated carbocycles. The summed E-state index contributed by atoms with van der Waals surface area (Å²) in [4.78, 5) is 24.1. The highest BCUT2D eigenvalue weighted by atomic mass is 16.6. The van der Waals surface area contributed by atoms with Gasteiger partial charge in [-0.15, -0.1) is 0 Å². The smallest absolute Gasteiger partial charge is 0.344 e. The molecule has 2 aliphatic heterocycles. The summed E-state index contributed by atoms with van der Waals surface area (Å²) in [6, 6.07) is 9.16. The molecule has 2 bridgehead atoms. The van der Waals surface area contributed by atoms with E-state index in [2.05, 4.69) is 0 Å². The Hall–Kier alpha value is -1.94. The Morgan fingerprint density at radius 2 is 1.95 bits per heavy atom. The van der Waals surface area contributed by atoms with Crippen LogP contribution < -0.4 is 0 Å². The van der Waals surface area contributed by atoms with Gasteiger partial charge in [0, 0.05) is 11.5 Å². The SMILES string of the molecule is CC(=O)C1C(C)C2C=C(c3ccccc3)C1(O)C(=O)O2. The third-order valence-electron chi connectivity index (χ3n) is 4.31. The van der Waals surface area contributed by atoms with Crippen molar-refractivity contribution >= 4 is 17.3 Å². The Morgan fingerprint density at radius 3 is 2.55 bits per heavy atom. The van der Waals surface area contributed by atoms with Crippen molar-refractivity contribution in [3.05, 3.63) is 42.0 Å². The third kappa shape index (κ3) is 1.58. The molecule has 4 rings (SSSR count). The van der Waals surface area contributed by atoms with Crippen LogP contribution in [-0.2, 0) is 14.3 Å². The van der Waals surface area contributed by atoms with Crippen molar-refractivity contribution in [1.82, 2.24) is 0 Å². The van der Waals surface area contributed by atoms with Crippen LogP contribution in [0.2, 0.25) is 0 Å². The first-order valence-corrected chi connectivity index (χ1v) is 6.68. The van der Waals surface area contributed by atoms with E-state index >= 15 is 0 Å². The molecule has 0 amide bonds. The fourth-order valence-electron chi connectivity index (χ4n) is 3.37. The number of aliphatic hydroxyl groups is 1. The zero-order valence-corrected chi connectivity index (χ0v) is 11.4. The summed E-state index contributed by atoms with van der Waals surface area (Å²) in [5.74, 6) is -1.89. The molecule has 20 heavy (non-hydrogen) atoms. The minimum absolute atomic E-state index is 0.191. The average Bonchev–Trinajstić information content (AvgIpc) is 2.41. The predicted octanol–water partition coefficient (Wildman–Crippen LogP) is 1.58. The van der Waals surface area contributed by atoms with Crippen molar-refractivity contribution < 1.29 is 19.4 Å². The van der Waals surface area contributed by atoms with E-state index in [1.807, 2.05) is 37.3 Å². The number of hydrogen-bond acceptors (Lipinski definition) is 4. The fraction of sp³-hybridized carbons (Fsp3) is 0.375. The lowest BCUT2D eigenvalue weighted by molar-refractivity contribution is -0.192.